The van der Waals surface area contributed by atoms with Gasteiger partial charge >= 0.3 is 0 Å². The van der Waals surface area contributed by atoms with E-state index in [1.165, 1.54) is 0 Å². The molecule has 6 heteroatoms. The second kappa shape index (κ2) is 7.93. The first-order chi connectivity index (χ1) is 11.0. The second-order valence-electron chi connectivity index (χ2n) is 6.62. The van der Waals surface area contributed by atoms with Gasteiger partial charge in [0.05, 0.1) is 12.3 Å². The summed E-state index contributed by atoms with van der Waals surface area (Å²) < 4.78 is 10.3. The molecule has 1 aliphatic rings. The first kappa shape index (κ1) is 17.9. The summed E-state index contributed by atoms with van der Waals surface area (Å²) in [4.78, 5) is 14.5. The van der Waals surface area contributed by atoms with Crippen LogP contribution in [0.15, 0.2) is 4.52 Å². The molecule has 1 amide bonds. The van der Waals surface area contributed by atoms with Gasteiger partial charge in [0.1, 0.15) is 5.76 Å². The van der Waals surface area contributed by atoms with Crippen molar-refractivity contribution in [1.29, 1.82) is 0 Å². The molecular formula is C17H28N2O4. The topological polar surface area (TPSA) is 75.8 Å². The molecule has 130 valence electrons. The molecule has 2 heterocycles. The van der Waals surface area contributed by atoms with E-state index in [1.807, 2.05) is 18.7 Å². The lowest BCUT2D eigenvalue weighted by Gasteiger charge is -2.42. The maximum Gasteiger partial charge on any atom is 0.222 e. The fourth-order valence-corrected chi connectivity index (χ4v) is 3.40. The number of carbonyl (C=O) groups is 1. The van der Waals surface area contributed by atoms with Crippen molar-refractivity contribution in [2.24, 2.45) is 5.41 Å². The van der Waals surface area contributed by atoms with Crippen molar-refractivity contribution >= 4 is 5.91 Å². The lowest BCUT2D eigenvalue weighted by Crippen LogP contribution is -2.48. The van der Waals surface area contributed by atoms with E-state index in [0.29, 0.717) is 26.0 Å². The van der Waals surface area contributed by atoms with Gasteiger partial charge in [-0.05, 0) is 39.5 Å². The molecule has 1 N–H and O–H groups in total. The SMILES string of the molecule is COCC[C@]1(CO)CCCN(C(=O)CCc2c(C)noc2C)C1. The summed E-state index contributed by atoms with van der Waals surface area (Å²) in [5.41, 5.74) is 1.68. The summed E-state index contributed by atoms with van der Waals surface area (Å²) in [6.07, 6.45) is 3.77. The number of carbonyl (C=O) groups excluding carboxylic acids is 1. The lowest BCUT2D eigenvalue weighted by molar-refractivity contribution is -0.136. The van der Waals surface area contributed by atoms with Gasteiger partial charge in [0.15, 0.2) is 0 Å². The molecule has 6 nitrogen and oxygen atoms in total. The zero-order valence-electron chi connectivity index (χ0n) is 14.4. The van der Waals surface area contributed by atoms with E-state index >= 15 is 0 Å². The Morgan fingerprint density at radius 1 is 1.48 bits per heavy atom. The molecule has 1 aromatic heterocycles. The van der Waals surface area contributed by atoms with Gasteiger partial charge in [0, 0.05) is 44.2 Å². The van der Waals surface area contributed by atoms with E-state index in [1.54, 1.807) is 7.11 Å². The number of aromatic nitrogens is 1. The molecule has 1 fully saturated rings. The quantitative estimate of drug-likeness (QED) is 0.828. The molecule has 0 radical (unpaired) electrons. The molecule has 0 spiro atoms. The van der Waals surface area contributed by atoms with Crippen molar-refractivity contribution in [3.05, 3.63) is 17.0 Å². The van der Waals surface area contributed by atoms with Crippen LogP contribution in [0.5, 0.6) is 0 Å². The summed E-state index contributed by atoms with van der Waals surface area (Å²) in [7, 11) is 1.67. The zero-order valence-corrected chi connectivity index (χ0v) is 14.4. The van der Waals surface area contributed by atoms with Crippen molar-refractivity contribution in [2.45, 2.75) is 46.0 Å². The van der Waals surface area contributed by atoms with E-state index < -0.39 is 0 Å². The number of piperidine rings is 1. The number of nitrogens with zero attached hydrogens (tertiary/aromatic N) is 2. The molecule has 23 heavy (non-hydrogen) atoms. The van der Waals surface area contributed by atoms with Crippen LogP contribution in [0, 0.1) is 19.3 Å². The van der Waals surface area contributed by atoms with Crippen molar-refractivity contribution in [1.82, 2.24) is 10.1 Å². The molecule has 2 rings (SSSR count). The predicted octanol–water partition coefficient (Wildman–Crippen LogP) is 1.86. The standard InChI is InChI=1S/C17H28N2O4/c1-13-15(14(2)23-18-13)5-6-16(21)19-9-4-7-17(11-19,12-20)8-10-22-3/h20H,4-12H2,1-3H3/t17-/m1/s1. The van der Waals surface area contributed by atoms with Crippen LogP contribution in [0.2, 0.25) is 0 Å². The van der Waals surface area contributed by atoms with Crippen LogP contribution < -0.4 is 0 Å². The van der Waals surface area contributed by atoms with Gasteiger partial charge in [-0.15, -0.1) is 0 Å². The zero-order chi connectivity index (χ0) is 16.9. The van der Waals surface area contributed by atoms with Gasteiger partial charge in [0.2, 0.25) is 5.91 Å². The Kier molecular flexibility index (Phi) is 6.18. The van der Waals surface area contributed by atoms with E-state index in [9.17, 15) is 9.90 Å². The van der Waals surface area contributed by atoms with Crippen LogP contribution in [-0.2, 0) is 16.0 Å². The number of likely N-dealkylation sites (tertiary alicyclic amines) is 1. The highest BCUT2D eigenvalue weighted by Gasteiger charge is 2.36. The van der Waals surface area contributed by atoms with Gasteiger partial charge in [-0.25, -0.2) is 0 Å². The summed E-state index contributed by atoms with van der Waals surface area (Å²) in [6.45, 7) is 5.88. The first-order valence-electron chi connectivity index (χ1n) is 8.30. The minimum absolute atomic E-state index is 0.101. The van der Waals surface area contributed by atoms with Gasteiger partial charge in [-0.1, -0.05) is 5.16 Å². The first-order valence-corrected chi connectivity index (χ1v) is 8.30. The van der Waals surface area contributed by atoms with Crippen LogP contribution in [0.25, 0.3) is 0 Å². The molecule has 1 aromatic rings. The third-order valence-electron chi connectivity index (χ3n) is 4.96. The average molecular weight is 324 g/mol. The Balaban J connectivity index is 1.93. The Hall–Kier alpha value is -1.40. The number of ether oxygens (including phenoxy) is 1. The number of aliphatic hydroxyl groups is 1. The lowest BCUT2D eigenvalue weighted by atomic mass is 9.78. The van der Waals surface area contributed by atoms with Gasteiger partial charge < -0.3 is 19.3 Å². The number of amides is 1. The predicted molar refractivity (Wildman–Crippen MR) is 86.1 cm³/mol. The fraction of sp³-hybridized carbons (Fsp3) is 0.765. The number of hydrogen-bond donors (Lipinski definition) is 1. The molecule has 1 atom stereocenters. The fourth-order valence-electron chi connectivity index (χ4n) is 3.40. The van der Waals surface area contributed by atoms with E-state index in [0.717, 1.165) is 42.8 Å². The number of hydrogen-bond acceptors (Lipinski definition) is 5. The van der Waals surface area contributed by atoms with Crippen LogP contribution in [0.1, 0.15) is 42.7 Å². The smallest absolute Gasteiger partial charge is 0.222 e. The van der Waals surface area contributed by atoms with E-state index in [2.05, 4.69) is 5.16 Å². The molecule has 0 bridgehead atoms. The summed E-state index contributed by atoms with van der Waals surface area (Å²) in [5, 5.41) is 13.7. The third-order valence-corrected chi connectivity index (χ3v) is 4.96. The Labute approximate surface area is 137 Å². The number of aryl methyl sites for hydroxylation is 2. The van der Waals surface area contributed by atoms with Gasteiger partial charge in [-0.3, -0.25) is 4.79 Å². The van der Waals surface area contributed by atoms with Gasteiger partial charge in [-0.2, -0.15) is 0 Å². The monoisotopic (exact) mass is 324 g/mol. The maximum absolute atomic E-state index is 12.6. The van der Waals surface area contributed by atoms with Crippen molar-refractivity contribution in [3.63, 3.8) is 0 Å². The Morgan fingerprint density at radius 2 is 2.26 bits per heavy atom. The Bertz CT molecular complexity index is 509. The molecule has 1 saturated heterocycles. The maximum atomic E-state index is 12.6. The number of rotatable bonds is 7. The molecule has 0 aliphatic carbocycles. The molecular weight excluding hydrogens is 296 g/mol. The highest BCUT2D eigenvalue weighted by molar-refractivity contribution is 5.76. The average Bonchev–Trinajstić information content (AvgIpc) is 2.89. The largest absolute Gasteiger partial charge is 0.396 e. The van der Waals surface area contributed by atoms with E-state index in [-0.39, 0.29) is 17.9 Å². The minimum Gasteiger partial charge on any atom is -0.396 e. The number of aliphatic hydroxyl groups excluding tert-OH is 1. The highest BCUT2D eigenvalue weighted by atomic mass is 16.5. The van der Waals surface area contributed by atoms with Gasteiger partial charge in [0.25, 0.3) is 0 Å². The summed E-state index contributed by atoms with van der Waals surface area (Å²) in [5.74, 6) is 0.929. The normalized spacial score (nSPS) is 21.7. The molecule has 1 aliphatic heterocycles. The summed E-state index contributed by atoms with van der Waals surface area (Å²) in [6, 6.07) is 0. The summed E-state index contributed by atoms with van der Waals surface area (Å²) >= 11 is 0. The minimum atomic E-state index is -0.215. The molecule has 0 aromatic carbocycles. The van der Waals surface area contributed by atoms with Crippen LogP contribution in [0.3, 0.4) is 0 Å². The molecule has 0 unspecified atom stereocenters. The second-order valence-corrected chi connectivity index (χ2v) is 6.62. The highest BCUT2D eigenvalue weighted by Crippen LogP contribution is 2.33. The van der Waals surface area contributed by atoms with Crippen LogP contribution in [-0.4, -0.2) is 54.5 Å². The third kappa shape index (κ3) is 4.32. The molecule has 0 saturated carbocycles. The van der Waals surface area contributed by atoms with Crippen molar-refractivity contribution in [2.75, 3.05) is 33.4 Å². The van der Waals surface area contributed by atoms with Crippen molar-refractivity contribution in [3.8, 4) is 0 Å². The number of methoxy groups -OCH3 is 1. The van der Waals surface area contributed by atoms with E-state index in [4.69, 9.17) is 9.26 Å². The van der Waals surface area contributed by atoms with Crippen LogP contribution in [0.4, 0.5) is 0 Å². The Morgan fingerprint density at radius 3 is 2.87 bits per heavy atom. The van der Waals surface area contributed by atoms with Crippen molar-refractivity contribution < 1.29 is 19.2 Å². The van der Waals surface area contributed by atoms with Crippen LogP contribution >= 0.6 is 0 Å².